The molecule has 0 unspecified atom stereocenters. The number of rotatable bonds is 16. The maximum Gasteiger partial charge on any atom is 0.296 e. The van der Waals surface area contributed by atoms with Gasteiger partial charge in [-0.15, -0.1) is 0 Å². The van der Waals surface area contributed by atoms with Gasteiger partial charge in [0.2, 0.25) is 0 Å². The molecule has 0 saturated heterocycles. The van der Waals surface area contributed by atoms with Crippen LogP contribution in [0.2, 0.25) is 0 Å². The highest BCUT2D eigenvalue weighted by Crippen LogP contribution is 2.14. The first-order valence-electron chi connectivity index (χ1n) is 11.0. The summed E-state index contributed by atoms with van der Waals surface area (Å²) in [6, 6.07) is 6.77. The standard InChI is InChI=1S/C25H38O3S/c1-3-4-5-6-7-8-9-10-11-12-13-14-15-16-17-18-23-28-29(26,27)25-21-19-24(2)20-22-25/h4-5,7-8,10-11,19-22H,3,6,9,12-18,23H2,1-2H3/b5-4+,8-7+,11-10+. The lowest BCUT2D eigenvalue weighted by atomic mass is 10.1. The Balaban J connectivity index is 1.96. The van der Waals surface area contributed by atoms with Crippen LogP contribution in [0.5, 0.6) is 0 Å². The Hall–Kier alpha value is -1.65. The molecule has 0 aliphatic carbocycles. The average Bonchev–Trinajstić information content (AvgIpc) is 2.70. The molecular weight excluding hydrogens is 380 g/mol. The Labute approximate surface area is 178 Å². The largest absolute Gasteiger partial charge is 0.296 e. The second kappa shape index (κ2) is 16.2. The molecule has 4 heteroatoms. The maximum atomic E-state index is 12.1. The monoisotopic (exact) mass is 418 g/mol. The van der Waals surface area contributed by atoms with Crippen LogP contribution in [0.3, 0.4) is 0 Å². The zero-order chi connectivity index (χ0) is 21.2. The SMILES string of the molecule is CC/C=C/C/C=C/C/C=C/CCCCCCCCOS(=O)(=O)c1ccc(C)cc1. The molecule has 0 N–H and O–H groups in total. The first-order valence-corrected chi connectivity index (χ1v) is 12.4. The van der Waals surface area contributed by atoms with E-state index in [2.05, 4.69) is 43.4 Å². The lowest BCUT2D eigenvalue weighted by molar-refractivity contribution is 0.306. The van der Waals surface area contributed by atoms with Crippen molar-refractivity contribution >= 4 is 10.1 Å². The average molecular weight is 419 g/mol. The topological polar surface area (TPSA) is 43.4 Å². The van der Waals surface area contributed by atoms with E-state index in [4.69, 9.17) is 4.18 Å². The Bertz CT molecular complexity index is 713. The van der Waals surface area contributed by atoms with Gasteiger partial charge in [0, 0.05) is 0 Å². The van der Waals surface area contributed by atoms with E-state index in [0.29, 0.717) is 0 Å². The molecule has 0 saturated carbocycles. The van der Waals surface area contributed by atoms with Gasteiger partial charge in [0.25, 0.3) is 10.1 Å². The van der Waals surface area contributed by atoms with Crippen molar-refractivity contribution in [3.63, 3.8) is 0 Å². The van der Waals surface area contributed by atoms with Gasteiger partial charge in [-0.1, -0.05) is 86.8 Å². The summed E-state index contributed by atoms with van der Waals surface area (Å²) in [5.74, 6) is 0. The van der Waals surface area contributed by atoms with Crippen molar-refractivity contribution < 1.29 is 12.6 Å². The Morgan fingerprint density at radius 2 is 1.31 bits per heavy atom. The fraction of sp³-hybridized carbons (Fsp3) is 0.520. The fourth-order valence-corrected chi connectivity index (χ4v) is 3.78. The van der Waals surface area contributed by atoms with E-state index in [1.807, 2.05) is 6.92 Å². The van der Waals surface area contributed by atoms with Gasteiger partial charge in [-0.2, -0.15) is 8.42 Å². The van der Waals surface area contributed by atoms with Crippen LogP contribution in [0.1, 0.15) is 76.7 Å². The summed E-state index contributed by atoms with van der Waals surface area (Å²) in [4.78, 5) is 0.236. The number of allylic oxidation sites excluding steroid dienone is 6. The Morgan fingerprint density at radius 1 is 0.759 bits per heavy atom. The first kappa shape index (κ1) is 25.4. The van der Waals surface area contributed by atoms with Gasteiger partial charge in [0.15, 0.2) is 0 Å². The normalized spacial score (nSPS) is 12.6. The van der Waals surface area contributed by atoms with Crippen molar-refractivity contribution in [2.24, 2.45) is 0 Å². The van der Waals surface area contributed by atoms with E-state index in [1.54, 1.807) is 24.3 Å². The molecule has 29 heavy (non-hydrogen) atoms. The van der Waals surface area contributed by atoms with E-state index >= 15 is 0 Å². The van der Waals surface area contributed by atoms with Gasteiger partial charge < -0.3 is 0 Å². The summed E-state index contributed by atoms with van der Waals surface area (Å²) in [5.41, 5.74) is 1.03. The molecule has 162 valence electrons. The molecule has 0 aliphatic heterocycles. The van der Waals surface area contributed by atoms with Crippen molar-refractivity contribution in [1.29, 1.82) is 0 Å². The van der Waals surface area contributed by atoms with E-state index in [0.717, 1.165) is 50.5 Å². The summed E-state index contributed by atoms with van der Waals surface area (Å²) in [5, 5.41) is 0. The van der Waals surface area contributed by atoms with Crippen LogP contribution in [0.15, 0.2) is 65.6 Å². The van der Waals surface area contributed by atoms with Crippen molar-refractivity contribution in [3.8, 4) is 0 Å². The zero-order valence-electron chi connectivity index (χ0n) is 18.2. The molecule has 0 spiro atoms. The summed E-state index contributed by atoms with van der Waals surface area (Å²) >= 11 is 0. The molecule has 0 amide bonds. The molecule has 0 aromatic heterocycles. The van der Waals surface area contributed by atoms with Crippen LogP contribution in [0.25, 0.3) is 0 Å². The maximum absolute atomic E-state index is 12.1. The number of hydrogen-bond donors (Lipinski definition) is 0. The summed E-state index contributed by atoms with van der Waals surface area (Å²) in [6.07, 6.45) is 24.2. The lowest BCUT2D eigenvalue weighted by Gasteiger charge is -2.06. The highest BCUT2D eigenvalue weighted by Gasteiger charge is 2.14. The van der Waals surface area contributed by atoms with Crippen LogP contribution in [0.4, 0.5) is 0 Å². The van der Waals surface area contributed by atoms with Crippen LogP contribution in [-0.2, 0) is 14.3 Å². The molecule has 0 bridgehead atoms. The lowest BCUT2D eigenvalue weighted by Crippen LogP contribution is -2.07. The van der Waals surface area contributed by atoms with Gasteiger partial charge in [0.1, 0.15) is 0 Å². The van der Waals surface area contributed by atoms with E-state index in [-0.39, 0.29) is 11.5 Å². The second-order valence-electron chi connectivity index (χ2n) is 7.29. The Kier molecular flexibility index (Phi) is 14.2. The van der Waals surface area contributed by atoms with Crippen molar-refractivity contribution in [2.75, 3.05) is 6.61 Å². The van der Waals surface area contributed by atoms with E-state index in [1.165, 1.54) is 19.3 Å². The third-order valence-corrected chi connectivity index (χ3v) is 5.92. The van der Waals surface area contributed by atoms with Crippen molar-refractivity contribution in [3.05, 3.63) is 66.3 Å². The molecular formula is C25H38O3S. The third kappa shape index (κ3) is 13.2. The quantitative estimate of drug-likeness (QED) is 0.161. The number of hydrogen-bond acceptors (Lipinski definition) is 3. The molecule has 1 aromatic rings. The minimum Gasteiger partial charge on any atom is -0.266 e. The smallest absolute Gasteiger partial charge is 0.266 e. The predicted molar refractivity (Wildman–Crippen MR) is 124 cm³/mol. The van der Waals surface area contributed by atoms with Gasteiger partial charge in [-0.05, 0) is 57.6 Å². The third-order valence-electron chi connectivity index (χ3n) is 4.59. The van der Waals surface area contributed by atoms with Gasteiger partial charge in [-0.3, -0.25) is 4.18 Å². The minimum absolute atomic E-state index is 0.236. The van der Waals surface area contributed by atoms with Crippen LogP contribution < -0.4 is 0 Å². The predicted octanol–water partition coefficient (Wildman–Crippen LogP) is 7.29. The summed E-state index contributed by atoms with van der Waals surface area (Å²) in [6.45, 7) is 4.35. The van der Waals surface area contributed by atoms with Crippen LogP contribution >= 0.6 is 0 Å². The first-order chi connectivity index (χ1) is 14.1. The highest BCUT2D eigenvalue weighted by atomic mass is 32.2. The molecule has 0 heterocycles. The molecule has 3 nitrogen and oxygen atoms in total. The molecule has 0 aliphatic rings. The number of aryl methyl sites for hydroxylation is 1. The van der Waals surface area contributed by atoms with Gasteiger partial charge in [-0.25, -0.2) is 0 Å². The van der Waals surface area contributed by atoms with Gasteiger partial charge >= 0.3 is 0 Å². The zero-order valence-corrected chi connectivity index (χ0v) is 19.0. The van der Waals surface area contributed by atoms with Crippen LogP contribution in [0, 0.1) is 6.92 Å². The van der Waals surface area contributed by atoms with Gasteiger partial charge in [0.05, 0.1) is 11.5 Å². The number of benzene rings is 1. The summed E-state index contributed by atoms with van der Waals surface area (Å²) in [7, 11) is -3.61. The molecule has 0 fully saturated rings. The fourth-order valence-electron chi connectivity index (χ4n) is 2.84. The molecule has 1 aromatic carbocycles. The van der Waals surface area contributed by atoms with E-state index < -0.39 is 10.1 Å². The highest BCUT2D eigenvalue weighted by molar-refractivity contribution is 7.86. The second-order valence-corrected chi connectivity index (χ2v) is 8.91. The van der Waals surface area contributed by atoms with E-state index in [9.17, 15) is 8.42 Å². The van der Waals surface area contributed by atoms with Crippen molar-refractivity contribution in [1.82, 2.24) is 0 Å². The minimum atomic E-state index is -3.61. The molecule has 0 radical (unpaired) electrons. The summed E-state index contributed by atoms with van der Waals surface area (Å²) < 4.78 is 29.3. The van der Waals surface area contributed by atoms with Crippen LogP contribution in [-0.4, -0.2) is 15.0 Å². The molecule has 1 rings (SSSR count). The molecule has 0 atom stereocenters. The number of unbranched alkanes of at least 4 members (excludes halogenated alkanes) is 6. The Morgan fingerprint density at radius 3 is 1.97 bits per heavy atom. The van der Waals surface area contributed by atoms with Crippen molar-refractivity contribution in [2.45, 2.75) is 83.0 Å².